The topological polar surface area (TPSA) is 53.9 Å². The second kappa shape index (κ2) is 9.82. The third-order valence-corrected chi connectivity index (χ3v) is 7.48. The predicted molar refractivity (Wildman–Crippen MR) is 145 cm³/mol. The molecular formula is C30H36N4O. The largest absolute Gasteiger partial charge is 0.354 e. The summed E-state index contributed by atoms with van der Waals surface area (Å²) >= 11 is 0. The molecule has 1 fully saturated rings. The van der Waals surface area contributed by atoms with Crippen molar-refractivity contribution in [2.24, 2.45) is 7.05 Å². The number of piperidine rings is 1. The summed E-state index contributed by atoms with van der Waals surface area (Å²) in [6.07, 6.45) is 9.13. The number of aromatic nitrogens is 3. The van der Waals surface area contributed by atoms with Crippen molar-refractivity contribution in [1.29, 1.82) is 0 Å². The Labute approximate surface area is 207 Å². The van der Waals surface area contributed by atoms with E-state index < -0.39 is 0 Å². The number of nitrogens with one attached hydrogen (secondary N) is 1. The summed E-state index contributed by atoms with van der Waals surface area (Å²) in [7, 11) is 1.83. The quantitative estimate of drug-likeness (QED) is 0.361. The fraction of sp³-hybridized carbons (Fsp3) is 0.400. The van der Waals surface area contributed by atoms with Crippen LogP contribution in [0.25, 0.3) is 33.3 Å². The molecule has 4 aromatic rings. The van der Waals surface area contributed by atoms with Crippen LogP contribution in [0.3, 0.4) is 0 Å². The number of benzene rings is 1. The van der Waals surface area contributed by atoms with Gasteiger partial charge in [-0.2, -0.15) is 0 Å². The molecule has 1 aliphatic heterocycles. The molecule has 0 radical (unpaired) electrons. The van der Waals surface area contributed by atoms with Crippen molar-refractivity contribution in [3.8, 4) is 22.4 Å². The molecule has 0 unspecified atom stereocenters. The zero-order valence-electron chi connectivity index (χ0n) is 21.3. The van der Waals surface area contributed by atoms with E-state index in [9.17, 15) is 4.79 Å². The van der Waals surface area contributed by atoms with E-state index in [1.807, 2.05) is 31.4 Å². The monoisotopic (exact) mass is 468 g/mol. The van der Waals surface area contributed by atoms with Gasteiger partial charge in [0.15, 0.2) is 0 Å². The molecule has 4 heterocycles. The molecule has 182 valence electrons. The van der Waals surface area contributed by atoms with E-state index in [1.54, 1.807) is 17.0 Å². The molecular weight excluding hydrogens is 432 g/mol. The second-order valence-corrected chi connectivity index (χ2v) is 10.3. The van der Waals surface area contributed by atoms with Gasteiger partial charge in [-0.15, -0.1) is 0 Å². The van der Waals surface area contributed by atoms with Crippen molar-refractivity contribution in [3.63, 3.8) is 0 Å². The van der Waals surface area contributed by atoms with Gasteiger partial charge in [0.25, 0.3) is 5.56 Å². The molecule has 5 rings (SSSR count). The first-order valence-electron chi connectivity index (χ1n) is 13.0. The Balaban J connectivity index is 1.57. The van der Waals surface area contributed by atoms with Gasteiger partial charge in [0.2, 0.25) is 0 Å². The van der Waals surface area contributed by atoms with E-state index in [0.717, 1.165) is 22.3 Å². The molecule has 1 aromatic carbocycles. The van der Waals surface area contributed by atoms with Crippen LogP contribution in [-0.2, 0) is 7.05 Å². The van der Waals surface area contributed by atoms with E-state index in [-0.39, 0.29) is 5.56 Å². The molecule has 0 amide bonds. The number of nitrogens with zero attached hydrogens (tertiary/aromatic N) is 3. The molecule has 0 bridgehead atoms. The summed E-state index contributed by atoms with van der Waals surface area (Å²) in [6, 6.07) is 12.8. The van der Waals surface area contributed by atoms with Gasteiger partial charge in [-0.1, -0.05) is 32.9 Å². The number of likely N-dealkylation sites (tertiary alicyclic amines) is 1. The van der Waals surface area contributed by atoms with Crippen LogP contribution in [0.5, 0.6) is 0 Å². The van der Waals surface area contributed by atoms with Gasteiger partial charge >= 0.3 is 0 Å². The molecule has 5 heteroatoms. The molecule has 5 nitrogen and oxygen atoms in total. The maximum atomic E-state index is 12.9. The Bertz CT molecular complexity index is 1380. The van der Waals surface area contributed by atoms with Crippen LogP contribution in [-0.4, -0.2) is 39.1 Å². The van der Waals surface area contributed by atoms with E-state index in [0.29, 0.717) is 17.4 Å². The molecule has 0 saturated carbocycles. The van der Waals surface area contributed by atoms with Crippen LogP contribution < -0.4 is 5.56 Å². The number of pyridine rings is 2. The van der Waals surface area contributed by atoms with Gasteiger partial charge in [0, 0.05) is 53.2 Å². The molecule has 35 heavy (non-hydrogen) atoms. The van der Waals surface area contributed by atoms with Crippen molar-refractivity contribution in [2.75, 3.05) is 19.6 Å². The van der Waals surface area contributed by atoms with Gasteiger partial charge < -0.3 is 14.5 Å². The lowest BCUT2D eigenvalue weighted by Gasteiger charge is -2.32. The highest BCUT2D eigenvalue weighted by Crippen LogP contribution is 2.38. The number of aromatic amines is 1. The molecule has 3 aromatic heterocycles. The summed E-state index contributed by atoms with van der Waals surface area (Å²) in [6.45, 7) is 10.4. The average molecular weight is 469 g/mol. The Morgan fingerprint density at radius 2 is 1.91 bits per heavy atom. The summed E-state index contributed by atoms with van der Waals surface area (Å²) in [5, 5.41) is 1.31. The molecule has 0 atom stereocenters. The number of rotatable bonds is 6. The highest BCUT2D eigenvalue weighted by atomic mass is 16.1. The molecule has 0 aliphatic carbocycles. The van der Waals surface area contributed by atoms with E-state index in [1.165, 1.54) is 55.4 Å². The summed E-state index contributed by atoms with van der Waals surface area (Å²) in [5.41, 5.74) is 7.57. The minimum absolute atomic E-state index is 0.0133. The first-order chi connectivity index (χ1) is 17.0. The summed E-state index contributed by atoms with van der Waals surface area (Å²) in [5.74, 6) is 0.972. The van der Waals surface area contributed by atoms with Gasteiger partial charge in [0.1, 0.15) is 0 Å². The van der Waals surface area contributed by atoms with Crippen molar-refractivity contribution in [2.45, 2.75) is 51.9 Å². The highest BCUT2D eigenvalue weighted by molar-refractivity contribution is 5.92. The third kappa shape index (κ3) is 4.57. The summed E-state index contributed by atoms with van der Waals surface area (Å²) < 4.78 is 1.68. The number of H-pyrrole nitrogens is 1. The second-order valence-electron chi connectivity index (χ2n) is 10.3. The number of fused-ring (bicyclic) bond motifs is 1. The maximum absolute atomic E-state index is 12.9. The van der Waals surface area contributed by atoms with Crippen molar-refractivity contribution >= 4 is 10.9 Å². The SMILES string of the molecule is CCCN1CCC(c2ccc3[nH]c(-c4cc(-c5cccnc5)c(=O)n(C)c4)c(C(C)C)c3c2)CC1. The molecule has 0 spiro atoms. The Hall–Kier alpha value is -3.18. The van der Waals surface area contributed by atoms with Gasteiger partial charge in [-0.25, -0.2) is 0 Å². The van der Waals surface area contributed by atoms with Crippen LogP contribution in [0.15, 0.2) is 59.8 Å². The number of hydrogen-bond acceptors (Lipinski definition) is 3. The minimum Gasteiger partial charge on any atom is -0.354 e. The van der Waals surface area contributed by atoms with Gasteiger partial charge in [-0.3, -0.25) is 9.78 Å². The smallest absolute Gasteiger partial charge is 0.258 e. The van der Waals surface area contributed by atoms with Crippen molar-refractivity contribution < 1.29 is 0 Å². The van der Waals surface area contributed by atoms with Crippen molar-refractivity contribution in [1.82, 2.24) is 19.4 Å². The predicted octanol–water partition coefficient (Wildman–Crippen LogP) is 6.31. The van der Waals surface area contributed by atoms with Crippen LogP contribution in [0.1, 0.15) is 63.0 Å². The fourth-order valence-corrected chi connectivity index (χ4v) is 5.70. The molecule has 1 N–H and O–H groups in total. The minimum atomic E-state index is -0.0133. The summed E-state index contributed by atoms with van der Waals surface area (Å²) in [4.78, 5) is 23.5. The van der Waals surface area contributed by atoms with Crippen LogP contribution in [0, 0.1) is 0 Å². The Morgan fingerprint density at radius 3 is 2.60 bits per heavy atom. The fourth-order valence-electron chi connectivity index (χ4n) is 5.70. The van der Waals surface area contributed by atoms with Crippen LogP contribution in [0.2, 0.25) is 0 Å². The number of aryl methyl sites for hydroxylation is 1. The standard InChI is InChI=1S/C30H36N4O/c1-5-13-34-14-10-21(11-15-34)22-8-9-27-26(16-22)28(20(2)3)29(32-27)24-17-25(30(35)33(4)19-24)23-7-6-12-31-18-23/h6-9,12,16-21,32H,5,10-11,13-15H2,1-4H3. The maximum Gasteiger partial charge on any atom is 0.258 e. The van der Waals surface area contributed by atoms with E-state index >= 15 is 0 Å². The zero-order chi connectivity index (χ0) is 24.5. The Kier molecular flexibility index (Phi) is 6.61. The first-order valence-corrected chi connectivity index (χ1v) is 13.0. The lowest BCUT2D eigenvalue weighted by Crippen LogP contribution is -2.33. The zero-order valence-corrected chi connectivity index (χ0v) is 21.3. The molecule has 1 aliphatic rings. The van der Waals surface area contributed by atoms with Crippen LogP contribution in [0.4, 0.5) is 0 Å². The normalized spacial score (nSPS) is 15.3. The Morgan fingerprint density at radius 1 is 1.11 bits per heavy atom. The van der Waals surface area contributed by atoms with E-state index in [2.05, 4.69) is 53.8 Å². The third-order valence-electron chi connectivity index (χ3n) is 7.48. The number of hydrogen-bond donors (Lipinski definition) is 1. The highest BCUT2D eigenvalue weighted by Gasteiger charge is 2.23. The van der Waals surface area contributed by atoms with E-state index in [4.69, 9.17) is 0 Å². The average Bonchev–Trinajstić information content (AvgIpc) is 3.26. The lowest BCUT2D eigenvalue weighted by molar-refractivity contribution is 0.213. The van der Waals surface area contributed by atoms with Crippen molar-refractivity contribution in [3.05, 3.63) is 76.5 Å². The lowest BCUT2D eigenvalue weighted by atomic mass is 9.87. The first kappa shape index (κ1) is 23.6. The molecule has 1 saturated heterocycles. The van der Waals surface area contributed by atoms with Crippen LogP contribution >= 0.6 is 0 Å². The van der Waals surface area contributed by atoms with Gasteiger partial charge in [-0.05, 0) is 86.1 Å². The van der Waals surface area contributed by atoms with Gasteiger partial charge in [0.05, 0.1) is 5.69 Å².